The number of nitrogens with one attached hydrogen (secondary N) is 1. The average Bonchev–Trinajstić information content (AvgIpc) is 2.51. The number of ether oxygens (including phenoxy) is 1. The molecule has 6 N–H and O–H groups in total. The van der Waals surface area contributed by atoms with Crippen molar-refractivity contribution in [2.45, 2.75) is 0 Å². The number of nitrogen functional groups attached to an aromatic ring is 1. The highest BCUT2D eigenvalue weighted by Gasteiger charge is 2.28. The second-order valence-electron chi connectivity index (χ2n) is 4.67. The molecule has 0 aliphatic rings. The van der Waals surface area contributed by atoms with Crippen LogP contribution in [0.4, 0.5) is 5.82 Å². The van der Waals surface area contributed by atoms with Crippen molar-refractivity contribution >= 4 is 17.8 Å². The van der Waals surface area contributed by atoms with E-state index in [9.17, 15) is 24.6 Å². The molecule has 2 aromatic rings. The van der Waals surface area contributed by atoms with Crippen LogP contribution in [0.25, 0.3) is 11.1 Å². The first-order chi connectivity index (χ1) is 11.4. The molecule has 0 fully saturated rings. The third-order valence-corrected chi connectivity index (χ3v) is 3.18. The molecule has 1 aromatic carbocycles. The van der Waals surface area contributed by atoms with Crippen LogP contribution in [0.2, 0.25) is 0 Å². The van der Waals surface area contributed by atoms with E-state index in [2.05, 4.69) is 0 Å². The number of rotatable bonds is 6. The van der Waals surface area contributed by atoms with Crippen LogP contribution < -0.4 is 16.0 Å². The van der Waals surface area contributed by atoms with Gasteiger partial charge in [-0.1, -0.05) is 18.2 Å². The first-order valence-corrected chi connectivity index (χ1v) is 6.73. The molecule has 0 spiro atoms. The Labute approximate surface area is 134 Å². The first-order valence-electron chi connectivity index (χ1n) is 6.73. The number of hydrogen-bond donors (Lipinski definition) is 5. The predicted molar refractivity (Wildman–Crippen MR) is 83.4 cm³/mol. The van der Waals surface area contributed by atoms with Crippen LogP contribution in [0.3, 0.4) is 0 Å². The lowest BCUT2D eigenvalue weighted by Gasteiger charge is -2.15. The van der Waals surface area contributed by atoms with Gasteiger partial charge in [0.1, 0.15) is 29.3 Å². The molecule has 24 heavy (non-hydrogen) atoms. The summed E-state index contributed by atoms with van der Waals surface area (Å²) in [7, 11) is 0. The fourth-order valence-electron chi connectivity index (χ4n) is 2.27. The smallest absolute Gasteiger partial charge is 0.342 e. The maximum absolute atomic E-state index is 12.0. The number of aliphatic hydroxyl groups excluding tert-OH is 1. The van der Waals surface area contributed by atoms with Crippen molar-refractivity contribution in [2.75, 3.05) is 18.9 Å². The summed E-state index contributed by atoms with van der Waals surface area (Å²) in [5.74, 6) is -3.46. The minimum Gasteiger partial charge on any atom is -0.491 e. The second-order valence-corrected chi connectivity index (χ2v) is 4.67. The van der Waals surface area contributed by atoms with Crippen molar-refractivity contribution in [3.8, 4) is 16.9 Å². The molecule has 0 unspecified atom stereocenters. The van der Waals surface area contributed by atoms with Crippen molar-refractivity contribution in [1.82, 2.24) is 4.98 Å². The molecule has 1 aromatic heterocycles. The van der Waals surface area contributed by atoms with Crippen molar-refractivity contribution in [3.63, 3.8) is 0 Å². The molecule has 126 valence electrons. The minimum atomic E-state index is -1.61. The Morgan fingerprint density at radius 3 is 2.33 bits per heavy atom. The molecule has 1 heterocycles. The number of aromatic nitrogens is 1. The van der Waals surface area contributed by atoms with E-state index >= 15 is 0 Å². The summed E-state index contributed by atoms with van der Waals surface area (Å²) >= 11 is 0. The number of carbonyl (C=O) groups is 2. The van der Waals surface area contributed by atoms with Crippen LogP contribution in [-0.2, 0) is 0 Å². The molecule has 0 radical (unpaired) electrons. The van der Waals surface area contributed by atoms with Gasteiger partial charge in [0.2, 0.25) is 0 Å². The number of carboxylic acids is 2. The molecule has 9 heteroatoms. The van der Waals surface area contributed by atoms with Gasteiger partial charge in [-0.15, -0.1) is 0 Å². The maximum atomic E-state index is 12.0. The van der Waals surface area contributed by atoms with Crippen LogP contribution >= 0.6 is 0 Å². The van der Waals surface area contributed by atoms with E-state index in [1.807, 2.05) is 4.98 Å². The summed E-state index contributed by atoms with van der Waals surface area (Å²) in [4.78, 5) is 37.1. The number of H-pyrrole nitrogens is 1. The number of aliphatic hydroxyl groups is 1. The Morgan fingerprint density at radius 2 is 1.75 bits per heavy atom. The topological polar surface area (TPSA) is 163 Å². The van der Waals surface area contributed by atoms with E-state index in [1.54, 1.807) is 6.07 Å². The number of para-hydroxylation sites is 1. The van der Waals surface area contributed by atoms with Crippen molar-refractivity contribution in [1.29, 1.82) is 0 Å². The van der Waals surface area contributed by atoms with E-state index in [0.29, 0.717) is 0 Å². The van der Waals surface area contributed by atoms with Crippen molar-refractivity contribution in [3.05, 3.63) is 45.7 Å². The maximum Gasteiger partial charge on any atom is 0.342 e. The van der Waals surface area contributed by atoms with Gasteiger partial charge in [0.25, 0.3) is 5.56 Å². The fourth-order valence-corrected chi connectivity index (χ4v) is 2.27. The van der Waals surface area contributed by atoms with Gasteiger partial charge >= 0.3 is 11.9 Å². The van der Waals surface area contributed by atoms with Gasteiger partial charge in [0.05, 0.1) is 6.61 Å². The van der Waals surface area contributed by atoms with Gasteiger partial charge < -0.3 is 30.8 Å². The SMILES string of the molecule is Nc1[nH]c(=O)c(C(=O)O)c(-c2ccccc2OCCO)c1C(=O)O. The van der Waals surface area contributed by atoms with Gasteiger partial charge in [-0.25, -0.2) is 9.59 Å². The summed E-state index contributed by atoms with van der Waals surface area (Å²) in [6, 6.07) is 5.96. The van der Waals surface area contributed by atoms with Crippen LogP contribution in [0.15, 0.2) is 29.1 Å². The number of pyridine rings is 1. The second kappa shape index (κ2) is 6.84. The van der Waals surface area contributed by atoms with Crippen molar-refractivity contribution < 1.29 is 29.6 Å². The largest absolute Gasteiger partial charge is 0.491 e. The molecule has 0 saturated heterocycles. The number of benzene rings is 1. The monoisotopic (exact) mass is 334 g/mol. The molecule has 2 rings (SSSR count). The highest BCUT2D eigenvalue weighted by Crippen LogP contribution is 2.35. The van der Waals surface area contributed by atoms with E-state index in [0.717, 1.165) is 0 Å². The zero-order valence-corrected chi connectivity index (χ0v) is 12.3. The summed E-state index contributed by atoms with van der Waals surface area (Å²) in [6.45, 7) is -0.399. The molecule has 9 nitrogen and oxygen atoms in total. The molecular formula is C15H14N2O7. The Bertz CT molecular complexity index is 857. The first kappa shape index (κ1) is 17.0. The van der Waals surface area contributed by atoms with Crippen LogP contribution in [0, 0.1) is 0 Å². The Balaban J connectivity index is 2.90. The lowest BCUT2D eigenvalue weighted by atomic mass is 9.94. The zero-order chi connectivity index (χ0) is 17.9. The average molecular weight is 334 g/mol. The van der Waals surface area contributed by atoms with Crippen LogP contribution in [-0.4, -0.2) is 45.5 Å². The summed E-state index contributed by atoms with van der Waals surface area (Å²) < 4.78 is 5.30. The predicted octanol–water partition coefficient (Wildman–Crippen LogP) is 0.392. The van der Waals surface area contributed by atoms with Crippen LogP contribution in [0.1, 0.15) is 20.7 Å². The standard InChI is InChI=1S/C15H14N2O7/c16-12-10(14(20)21)9(11(15(22)23)13(19)17-12)7-3-1-2-4-8(7)24-6-5-18/h1-4,18H,5-6H2,(H,20,21)(H,22,23)(H3,16,17,19). The molecule has 0 aliphatic carbocycles. The van der Waals surface area contributed by atoms with Crippen molar-refractivity contribution in [2.24, 2.45) is 0 Å². The van der Waals surface area contributed by atoms with E-state index < -0.39 is 34.4 Å². The number of carboxylic acid groups (broad SMARTS) is 2. The third kappa shape index (κ3) is 3.06. The normalized spacial score (nSPS) is 10.4. The number of aromatic carboxylic acids is 2. The summed E-state index contributed by atoms with van der Waals surface area (Å²) in [5, 5.41) is 27.6. The Morgan fingerprint density at radius 1 is 1.12 bits per heavy atom. The highest BCUT2D eigenvalue weighted by molar-refractivity contribution is 6.08. The molecule has 0 atom stereocenters. The van der Waals surface area contributed by atoms with E-state index in [1.165, 1.54) is 18.2 Å². The number of hydrogen-bond acceptors (Lipinski definition) is 6. The van der Waals surface area contributed by atoms with Gasteiger partial charge in [-0.2, -0.15) is 0 Å². The molecule has 0 amide bonds. The third-order valence-electron chi connectivity index (χ3n) is 3.18. The lowest BCUT2D eigenvalue weighted by molar-refractivity contribution is 0.0695. The van der Waals surface area contributed by atoms with Crippen LogP contribution in [0.5, 0.6) is 5.75 Å². The molecule has 0 saturated carbocycles. The summed E-state index contributed by atoms with van der Waals surface area (Å²) in [6.07, 6.45) is 0. The van der Waals surface area contributed by atoms with Gasteiger partial charge in [-0.05, 0) is 6.07 Å². The molecule has 0 bridgehead atoms. The minimum absolute atomic E-state index is 0.0681. The number of aromatic amines is 1. The zero-order valence-electron chi connectivity index (χ0n) is 12.3. The van der Waals surface area contributed by atoms with Gasteiger partial charge in [0.15, 0.2) is 0 Å². The quantitative estimate of drug-likeness (QED) is 0.506. The number of anilines is 1. The molecular weight excluding hydrogens is 320 g/mol. The van der Waals surface area contributed by atoms with E-state index in [-0.39, 0.29) is 30.1 Å². The Hall–Kier alpha value is -3.33. The Kier molecular flexibility index (Phi) is 4.85. The molecule has 0 aliphatic heterocycles. The van der Waals surface area contributed by atoms with Gasteiger partial charge in [-0.3, -0.25) is 4.79 Å². The fraction of sp³-hybridized carbons (Fsp3) is 0.133. The lowest BCUT2D eigenvalue weighted by Crippen LogP contribution is -2.24. The highest BCUT2D eigenvalue weighted by atomic mass is 16.5. The summed E-state index contributed by atoms with van der Waals surface area (Å²) in [5.41, 5.74) is 2.94. The van der Waals surface area contributed by atoms with Gasteiger partial charge in [0, 0.05) is 11.1 Å². The number of nitrogens with two attached hydrogens (primary N) is 1. The van der Waals surface area contributed by atoms with E-state index in [4.69, 9.17) is 15.6 Å².